The third-order valence-corrected chi connectivity index (χ3v) is 5.17. The molecule has 1 aliphatic heterocycles. The van der Waals surface area contributed by atoms with Crippen molar-refractivity contribution in [1.29, 1.82) is 0 Å². The fourth-order valence-corrected chi connectivity index (χ4v) is 3.66. The summed E-state index contributed by atoms with van der Waals surface area (Å²) in [5.74, 6) is 1.54. The van der Waals surface area contributed by atoms with Crippen LogP contribution in [0.5, 0.6) is 0 Å². The second kappa shape index (κ2) is 7.08. The normalized spacial score (nSPS) is 21.3. The molecule has 0 radical (unpaired) electrons. The number of hydrogen-bond acceptors (Lipinski definition) is 4. The summed E-state index contributed by atoms with van der Waals surface area (Å²) < 4.78 is 13.1. The van der Waals surface area contributed by atoms with E-state index in [0.717, 1.165) is 35.1 Å². The molecule has 5 heteroatoms. The molecule has 132 valence electrons. The van der Waals surface area contributed by atoms with E-state index in [0.29, 0.717) is 6.04 Å². The van der Waals surface area contributed by atoms with Gasteiger partial charge in [0.1, 0.15) is 11.6 Å². The summed E-state index contributed by atoms with van der Waals surface area (Å²) in [6, 6.07) is 8.90. The van der Waals surface area contributed by atoms with Gasteiger partial charge in [0.15, 0.2) is 0 Å². The summed E-state index contributed by atoms with van der Waals surface area (Å²) in [6.07, 6.45) is 5.24. The lowest BCUT2D eigenvalue weighted by molar-refractivity contribution is 0.208. The predicted molar refractivity (Wildman–Crippen MR) is 98.0 cm³/mol. The molecular formula is C20H25FN4. The lowest BCUT2D eigenvalue weighted by atomic mass is 10.0. The minimum Gasteiger partial charge on any atom is -0.365 e. The molecule has 1 atom stereocenters. The molecule has 1 aromatic carbocycles. The van der Waals surface area contributed by atoms with Crippen LogP contribution in [0.15, 0.2) is 30.3 Å². The first-order valence-electron chi connectivity index (χ1n) is 9.26. The Labute approximate surface area is 148 Å². The highest BCUT2D eigenvalue weighted by molar-refractivity contribution is 5.63. The van der Waals surface area contributed by atoms with Crippen LogP contribution in [0.2, 0.25) is 0 Å². The minimum atomic E-state index is -0.235. The Kier molecular flexibility index (Phi) is 4.66. The predicted octanol–water partition coefficient (Wildman–Crippen LogP) is 3.88. The third-order valence-electron chi connectivity index (χ3n) is 5.17. The van der Waals surface area contributed by atoms with Crippen LogP contribution in [0.3, 0.4) is 0 Å². The molecule has 2 heterocycles. The maximum absolute atomic E-state index is 13.1. The molecule has 2 aromatic rings. The smallest absolute Gasteiger partial charge is 0.149 e. The molecule has 1 N–H and O–H groups in total. The van der Waals surface area contributed by atoms with E-state index in [-0.39, 0.29) is 5.82 Å². The number of benzene rings is 1. The quantitative estimate of drug-likeness (QED) is 0.897. The molecule has 0 amide bonds. The third kappa shape index (κ3) is 4.15. The molecule has 1 aromatic heterocycles. The number of anilines is 1. The minimum absolute atomic E-state index is 0.235. The SMILES string of the molecule is Cc1cc(N[C@@H]2CCCN(CC3CC3)C2)nnc1-c1ccc(F)cc1. The number of aromatic nitrogens is 2. The monoisotopic (exact) mass is 340 g/mol. The van der Waals surface area contributed by atoms with Gasteiger partial charge >= 0.3 is 0 Å². The number of rotatable bonds is 5. The fraction of sp³-hybridized carbons (Fsp3) is 0.500. The van der Waals surface area contributed by atoms with Crippen molar-refractivity contribution in [2.75, 3.05) is 25.0 Å². The maximum Gasteiger partial charge on any atom is 0.149 e. The van der Waals surface area contributed by atoms with Gasteiger partial charge in [-0.25, -0.2) is 4.39 Å². The van der Waals surface area contributed by atoms with Gasteiger partial charge in [-0.3, -0.25) is 0 Å². The summed E-state index contributed by atoms with van der Waals surface area (Å²) in [6.45, 7) is 5.60. The number of piperidine rings is 1. The Bertz CT molecular complexity index is 727. The highest BCUT2D eigenvalue weighted by atomic mass is 19.1. The van der Waals surface area contributed by atoms with Gasteiger partial charge in [0.05, 0.1) is 5.69 Å². The molecule has 4 rings (SSSR count). The standard InChI is InChI=1S/C20H25FN4/c1-14-11-19(23-24-20(14)16-6-8-17(21)9-7-16)22-18-3-2-10-25(13-18)12-15-4-5-15/h6-9,11,15,18H,2-5,10,12-13H2,1H3,(H,22,23)/t18-/m1/s1. The lowest BCUT2D eigenvalue weighted by Gasteiger charge is -2.33. The molecule has 1 saturated carbocycles. The number of aryl methyl sites for hydroxylation is 1. The Balaban J connectivity index is 1.42. The molecule has 1 saturated heterocycles. The highest BCUT2D eigenvalue weighted by Gasteiger charge is 2.27. The molecule has 0 spiro atoms. The van der Waals surface area contributed by atoms with Crippen molar-refractivity contribution in [3.8, 4) is 11.3 Å². The maximum atomic E-state index is 13.1. The van der Waals surface area contributed by atoms with E-state index in [1.54, 1.807) is 12.1 Å². The van der Waals surface area contributed by atoms with Crippen LogP contribution in [0.4, 0.5) is 10.2 Å². The van der Waals surface area contributed by atoms with Crippen molar-refractivity contribution in [1.82, 2.24) is 15.1 Å². The summed E-state index contributed by atoms with van der Waals surface area (Å²) in [5, 5.41) is 12.3. The summed E-state index contributed by atoms with van der Waals surface area (Å²) in [4.78, 5) is 2.59. The van der Waals surface area contributed by atoms with E-state index >= 15 is 0 Å². The number of halogens is 1. The molecule has 0 bridgehead atoms. The van der Waals surface area contributed by atoms with Crippen LogP contribution in [-0.4, -0.2) is 40.8 Å². The van der Waals surface area contributed by atoms with Crippen LogP contribution in [0.1, 0.15) is 31.2 Å². The van der Waals surface area contributed by atoms with E-state index < -0.39 is 0 Å². The van der Waals surface area contributed by atoms with Gasteiger partial charge in [0.25, 0.3) is 0 Å². The summed E-state index contributed by atoms with van der Waals surface area (Å²) in [5.41, 5.74) is 2.76. The Morgan fingerprint density at radius 3 is 2.68 bits per heavy atom. The van der Waals surface area contributed by atoms with Crippen LogP contribution in [0, 0.1) is 18.7 Å². The number of nitrogens with one attached hydrogen (secondary N) is 1. The van der Waals surface area contributed by atoms with Crippen LogP contribution < -0.4 is 5.32 Å². The first-order chi connectivity index (χ1) is 12.2. The largest absolute Gasteiger partial charge is 0.365 e. The lowest BCUT2D eigenvalue weighted by Crippen LogP contribution is -2.43. The zero-order valence-electron chi connectivity index (χ0n) is 14.7. The second-order valence-corrected chi connectivity index (χ2v) is 7.45. The topological polar surface area (TPSA) is 41.0 Å². The molecule has 1 aliphatic carbocycles. The molecule has 25 heavy (non-hydrogen) atoms. The Hall–Kier alpha value is -2.01. The van der Waals surface area contributed by atoms with E-state index in [1.807, 2.05) is 13.0 Å². The second-order valence-electron chi connectivity index (χ2n) is 7.45. The number of nitrogens with zero attached hydrogens (tertiary/aromatic N) is 3. The van der Waals surface area contributed by atoms with Gasteiger partial charge in [-0.2, -0.15) is 0 Å². The molecule has 4 nitrogen and oxygen atoms in total. The van der Waals surface area contributed by atoms with E-state index in [4.69, 9.17) is 0 Å². The van der Waals surface area contributed by atoms with Crippen molar-refractivity contribution in [3.63, 3.8) is 0 Å². The van der Waals surface area contributed by atoms with Crippen molar-refractivity contribution in [2.24, 2.45) is 5.92 Å². The van der Waals surface area contributed by atoms with Gasteiger partial charge < -0.3 is 10.2 Å². The highest BCUT2D eigenvalue weighted by Crippen LogP contribution is 2.31. The number of hydrogen-bond donors (Lipinski definition) is 1. The van der Waals surface area contributed by atoms with Gasteiger partial charge in [-0.15, -0.1) is 10.2 Å². The first kappa shape index (κ1) is 16.5. The van der Waals surface area contributed by atoms with Gasteiger partial charge in [-0.1, -0.05) is 0 Å². The first-order valence-corrected chi connectivity index (χ1v) is 9.26. The average molecular weight is 340 g/mol. The Morgan fingerprint density at radius 2 is 1.96 bits per heavy atom. The van der Waals surface area contributed by atoms with Crippen molar-refractivity contribution < 1.29 is 4.39 Å². The van der Waals surface area contributed by atoms with Crippen molar-refractivity contribution in [3.05, 3.63) is 41.7 Å². The van der Waals surface area contributed by atoms with Gasteiger partial charge in [0.2, 0.25) is 0 Å². The van der Waals surface area contributed by atoms with Crippen LogP contribution in [0.25, 0.3) is 11.3 Å². The van der Waals surface area contributed by atoms with Crippen LogP contribution in [-0.2, 0) is 0 Å². The summed E-state index contributed by atoms with van der Waals surface area (Å²) >= 11 is 0. The molecule has 0 unspecified atom stereocenters. The Morgan fingerprint density at radius 1 is 1.16 bits per heavy atom. The van der Waals surface area contributed by atoms with Gasteiger partial charge in [-0.05, 0) is 81.0 Å². The molecule has 2 aliphatic rings. The molecular weight excluding hydrogens is 315 g/mol. The van der Waals surface area contributed by atoms with E-state index in [2.05, 4.69) is 20.4 Å². The van der Waals surface area contributed by atoms with Crippen molar-refractivity contribution >= 4 is 5.82 Å². The van der Waals surface area contributed by atoms with E-state index in [9.17, 15) is 4.39 Å². The van der Waals surface area contributed by atoms with E-state index in [1.165, 1.54) is 50.9 Å². The van der Waals surface area contributed by atoms with Crippen LogP contribution >= 0.6 is 0 Å². The number of likely N-dealkylation sites (tertiary alicyclic amines) is 1. The van der Waals surface area contributed by atoms with Crippen molar-refractivity contribution in [2.45, 2.75) is 38.6 Å². The average Bonchev–Trinajstić information content (AvgIpc) is 3.40. The van der Waals surface area contributed by atoms with Gasteiger partial charge in [0, 0.05) is 24.7 Å². The molecule has 2 fully saturated rings. The summed E-state index contributed by atoms with van der Waals surface area (Å²) in [7, 11) is 0. The zero-order valence-corrected chi connectivity index (χ0v) is 14.7. The zero-order chi connectivity index (χ0) is 17.2. The fourth-order valence-electron chi connectivity index (χ4n) is 3.66.